The number of likely N-dealkylation sites (tertiary alicyclic amines) is 1. The van der Waals surface area contributed by atoms with E-state index in [2.05, 4.69) is 0 Å². The maximum atomic E-state index is 10.8. The molecule has 4 nitrogen and oxygen atoms in total. The molecule has 1 amide bonds. The number of rotatable bonds is 4. The summed E-state index contributed by atoms with van der Waals surface area (Å²) in [5.74, 6) is 0.686. The van der Waals surface area contributed by atoms with Gasteiger partial charge in [-0.05, 0) is 0 Å². The van der Waals surface area contributed by atoms with Gasteiger partial charge in [-0.1, -0.05) is 0 Å². The Bertz CT molecular complexity index is 155. The van der Waals surface area contributed by atoms with E-state index in [1.54, 1.807) is 6.92 Å². The minimum absolute atomic E-state index is 0.157. The van der Waals surface area contributed by atoms with Crippen LogP contribution < -0.4 is 5.73 Å². The summed E-state index contributed by atoms with van der Waals surface area (Å²) in [4.78, 5) is 12.6. The highest BCUT2D eigenvalue weighted by Crippen LogP contribution is 2.15. The van der Waals surface area contributed by atoms with Crippen molar-refractivity contribution in [2.75, 3.05) is 32.8 Å². The summed E-state index contributed by atoms with van der Waals surface area (Å²) in [5.41, 5.74) is 5.26. The van der Waals surface area contributed by atoms with Gasteiger partial charge in [0.25, 0.3) is 0 Å². The van der Waals surface area contributed by atoms with Crippen molar-refractivity contribution in [3.8, 4) is 0 Å². The molecule has 1 heterocycles. The summed E-state index contributed by atoms with van der Waals surface area (Å²) in [6.45, 7) is 5.22. The van der Waals surface area contributed by atoms with Crippen molar-refractivity contribution in [1.82, 2.24) is 4.90 Å². The SMILES string of the molecule is CC(=O)N1CC(COCCN)C1. The zero-order valence-corrected chi connectivity index (χ0v) is 7.45. The fourth-order valence-corrected chi connectivity index (χ4v) is 1.27. The zero-order chi connectivity index (χ0) is 8.97. The average Bonchev–Trinajstić information content (AvgIpc) is 1.93. The summed E-state index contributed by atoms with van der Waals surface area (Å²) in [5, 5.41) is 0. The lowest BCUT2D eigenvalue weighted by molar-refractivity contribution is -0.136. The first kappa shape index (κ1) is 9.48. The fraction of sp³-hybridized carbons (Fsp3) is 0.875. The summed E-state index contributed by atoms with van der Waals surface area (Å²) in [7, 11) is 0. The second-order valence-electron chi connectivity index (χ2n) is 3.15. The van der Waals surface area contributed by atoms with Crippen molar-refractivity contribution < 1.29 is 9.53 Å². The van der Waals surface area contributed by atoms with Crippen LogP contribution in [-0.2, 0) is 9.53 Å². The van der Waals surface area contributed by atoms with Crippen LogP contribution in [-0.4, -0.2) is 43.7 Å². The van der Waals surface area contributed by atoms with Gasteiger partial charge in [0.15, 0.2) is 0 Å². The average molecular weight is 172 g/mol. The van der Waals surface area contributed by atoms with Crippen LogP contribution in [0.4, 0.5) is 0 Å². The number of carbonyl (C=O) groups excluding carboxylic acids is 1. The second-order valence-corrected chi connectivity index (χ2v) is 3.15. The van der Waals surface area contributed by atoms with E-state index in [1.165, 1.54) is 0 Å². The minimum Gasteiger partial charge on any atom is -0.380 e. The Morgan fingerprint density at radius 2 is 2.33 bits per heavy atom. The molecule has 0 unspecified atom stereocenters. The van der Waals surface area contributed by atoms with Gasteiger partial charge in [-0.2, -0.15) is 0 Å². The summed E-state index contributed by atoms with van der Waals surface area (Å²) >= 11 is 0. The molecule has 1 fully saturated rings. The van der Waals surface area contributed by atoms with E-state index >= 15 is 0 Å². The van der Waals surface area contributed by atoms with Gasteiger partial charge in [0, 0.05) is 32.5 Å². The topological polar surface area (TPSA) is 55.6 Å². The third-order valence-electron chi connectivity index (χ3n) is 2.02. The lowest BCUT2D eigenvalue weighted by Gasteiger charge is -2.38. The van der Waals surface area contributed by atoms with E-state index in [4.69, 9.17) is 10.5 Å². The number of nitrogens with zero attached hydrogens (tertiary/aromatic N) is 1. The Morgan fingerprint density at radius 1 is 1.67 bits per heavy atom. The van der Waals surface area contributed by atoms with Gasteiger partial charge in [0.05, 0.1) is 13.2 Å². The molecule has 2 N–H and O–H groups in total. The maximum absolute atomic E-state index is 10.8. The molecule has 0 aromatic heterocycles. The molecule has 1 aliphatic heterocycles. The van der Waals surface area contributed by atoms with E-state index in [-0.39, 0.29) is 5.91 Å². The lowest BCUT2D eigenvalue weighted by atomic mass is 10.0. The van der Waals surface area contributed by atoms with Crippen LogP contribution in [0.2, 0.25) is 0 Å². The molecule has 0 spiro atoms. The van der Waals surface area contributed by atoms with Crippen molar-refractivity contribution in [3.63, 3.8) is 0 Å². The van der Waals surface area contributed by atoms with Crippen LogP contribution in [0.25, 0.3) is 0 Å². The number of hydrogen-bond acceptors (Lipinski definition) is 3. The molecule has 0 atom stereocenters. The largest absolute Gasteiger partial charge is 0.380 e. The number of nitrogens with two attached hydrogens (primary N) is 1. The highest BCUT2D eigenvalue weighted by molar-refractivity contribution is 5.74. The van der Waals surface area contributed by atoms with Gasteiger partial charge in [-0.15, -0.1) is 0 Å². The fourth-order valence-electron chi connectivity index (χ4n) is 1.27. The summed E-state index contributed by atoms with van der Waals surface area (Å²) < 4.78 is 5.25. The molecule has 0 saturated carbocycles. The van der Waals surface area contributed by atoms with Crippen molar-refractivity contribution in [3.05, 3.63) is 0 Å². The molecular weight excluding hydrogens is 156 g/mol. The van der Waals surface area contributed by atoms with Crippen LogP contribution in [0.1, 0.15) is 6.92 Å². The van der Waals surface area contributed by atoms with E-state index in [0.29, 0.717) is 19.1 Å². The summed E-state index contributed by atoms with van der Waals surface area (Å²) in [6, 6.07) is 0. The van der Waals surface area contributed by atoms with Gasteiger partial charge >= 0.3 is 0 Å². The van der Waals surface area contributed by atoms with Gasteiger partial charge < -0.3 is 15.4 Å². The van der Waals surface area contributed by atoms with Crippen molar-refractivity contribution in [1.29, 1.82) is 0 Å². The maximum Gasteiger partial charge on any atom is 0.219 e. The summed E-state index contributed by atoms with van der Waals surface area (Å²) in [6.07, 6.45) is 0. The minimum atomic E-state index is 0.157. The molecule has 0 aliphatic carbocycles. The molecule has 1 saturated heterocycles. The van der Waals surface area contributed by atoms with E-state index in [0.717, 1.165) is 19.7 Å². The number of hydrogen-bond donors (Lipinski definition) is 1. The highest BCUT2D eigenvalue weighted by Gasteiger charge is 2.28. The van der Waals surface area contributed by atoms with Gasteiger partial charge in [0.1, 0.15) is 0 Å². The molecule has 70 valence electrons. The molecule has 1 aliphatic rings. The van der Waals surface area contributed by atoms with Gasteiger partial charge in [0.2, 0.25) is 5.91 Å². The van der Waals surface area contributed by atoms with Crippen LogP contribution in [0, 0.1) is 5.92 Å². The first-order valence-corrected chi connectivity index (χ1v) is 4.27. The smallest absolute Gasteiger partial charge is 0.219 e. The lowest BCUT2D eigenvalue weighted by Crippen LogP contribution is -2.50. The third-order valence-corrected chi connectivity index (χ3v) is 2.02. The van der Waals surface area contributed by atoms with Gasteiger partial charge in [-0.25, -0.2) is 0 Å². The van der Waals surface area contributed by atoms with Crippen LogP contribution in [0.15, 0.2) is 0 Å². The Labute approximate surface area is 72.7 Å². The second kappa shape index (κ2) is 4.42. The first-order chi connectivity index (χ1) is 5.74. The highest BCUT2D eigenvalue weighted by atomic mass is 16.5. The first-order valence-electron chi connectivity index (χ1n) is 4.27. The molecule has 0 bridgehead atoms. The van der Waals surface area contributed by atoms with E-state index < -0.39 is 0 Å². The molecule has 0 aromatic carbocycles. The van der Waals surface area contributed by atoms with Crippen molar-refractivity contribution >= 4 is 5.91 Å². The predicted octanol–water partition coefficient (Wildman–Crippen LogP) is -0.560. The Morgan fingerprint density at radius 3 is 2.83 bits per heavy atom. The monoisotopic (exact) mass is 172 g/mol. The standard InChI is InChI=1S/C8H16N2O2/c1-7(11)10-4-8(5-10)6-12-3-2-9/h8H,2-6,9H2,1H3. The van der Waals surface area contributed by atoms with Crippen LogP contribution in [0.5, 0.6) is 0 Å². The Balaban J connectivity index is 1.98. The van der Waals surface area contributed by atoms with E-state index in [1.807, 2.05) is 4.90 Å². The Kier molecular flexibility index (Phi) is 3.49. The third kappa shape index (κ3) is 2.46. The Hall–Kier alpha value is -0.610. The van der Waals surface area contributed by atoms with Crippen LogP contribution in [0.3, 0.4) is 0 Å². The molecule has 1 rings (SSSR count). The predicted molar refractivity (Wildman–Crippen MR) is 45.6 cm³/mol. The molecule has 0 aromatic rings. The molecule has 0 radical (unpaired) electrons. The number of amides is 1. The van der Waals surface area contributed by atoms with Crippen LogP contribution >= 0.6 is 0 Å². The normalized spacial score (nSPS) is 17.7. The zero-order valence-electron chi connectivity index (χ0n) is 7.45. The number of ether oxygens (including phenoxy) is 1. The molecule has 4 heteroatoms. The van der Waals surface area contributed by atoms with Crippen molar-refractivity contribution in [2.24, 2.45) is 11.7 Å². The van der Waals surface area contributed by atoms with Gasteiger partial charge in [-0.3, -0.25) is 4.79 Å². The number of carbonyl (C=O) groups is 1. The molecule has 12 heavy (non-hydrogen) atoms. The quantitative estimate of drug-likeness (QED) is 0.578. The van der Waals surface area contributed by atoms with Crippen molar-refractivity contribution in [2.45, 2.75) is 6.92 Å². The molecular formula is C8H16N2O2. The van der Waals surface area contributed by atoms with E-state index in [9.17, 15) is 4.79 Å².